The van der Waals surface area contributed by atoms with E-state index < -0.39 is 5.60 Å². The molecule has 0 aromatic rings. The molecule has 0 radical (unpaired) electrons. The van der Waals surface area contributed by atoms with Gasteiger partial charge in [0.05, 0.1) is 6.67 Å². The highest BCUT2D eigenvalue weighted by Gasteiger charge is 2.44. The van der Waals surface area contributed by atoms with Crippen molar-refractivity contribution in [3.8, 4) is 0 Å². The van der Waals surface area contributed by atoms with Crippen LogP contribution >= 0.6 is 0 Å². The molecular weight excluding hydrogens is 284 g/mol. The highest BCUT2D eigenvalue weighted by atomic mass is 16.6. The minimum absolute atomic E-state index is 0.0519. The van der Waals surface area contributed by atoms with Crippen LogP contribution in [0.3, 0.4) is 0 Å². The number of hydrogen-bond donors (Lipinski definition) is 0. The van der Waals surface area contributed by atoms with E-state index in [1.54, 1.807) is 14.1 Å². The lowest BCUT2D eigenvalue weighted by molar-refractivity contribution is -0.335. The second kappa shape index (κ2) is 5.34. The van der Waals surface area contributed by atoms with E-state index in [0.29, 0.717) is 12.0 Å². The third-order valence-corrected chi connectivity index (χ3v) is 4.75. The summed E-state index contributed by atoms with van der Waals surface area (Å²) in [7, 11) is 3.28. The number of esters is 1. The van der Waals surface area contributed by atoms with Crippen LogP contribution in [0.25, 0.3) is 0 Å². The summed E-state index contributed by atoms with van der Waals surface area (Å²) in [5, 5.41) is 12.2. The number of hydrogen-bond acceptors (Lipinski definition) is 5. The fourth-order valence-corrected chi connectivity index (χ4v) is 3.55. The van der Waals surface area contributed by atoms with Crippen LogP contribution in [0.5, 0.6) is 0 Å². The van der Waals surface area contributed by atoms with Gasteiger partial charge in [-0.2, -0.15) is 0 Å². The van der Waals surface area contributed by atoms with Crippen molar-refractivity contribution in [1.82, 2.24) is 9.80 Å². The van der Waals surface area contributed by atoms with Gasteiger partial charge in [0, 0.05) is 31.7 Å². The summed E-state index contributed by atoms with van der Waals surface area (Å²) in [6.07, 6.45) is 6.97. The number of carbonyl (C=O) groups is 2. The first kappa shape index (κ1) is 14.9. The van der Waals surface area contributed by atoms with Gasteiger partial charge in [0.25, 0.3) is 5.91 Å². The molecule has 0 aromatic heterocycles. The monoisotopic (exact) mass is 305 g/mol. The Balaban J connectivity index is 1.90. The van der Waals surface area contributed by atoms with Crippen LogP contribution in [0.1, 0.15) is 38.5 Å². The first-order valence-corrected chi connectivity index (χ1v) is 7.74. The third kappa shape index (κ3) is 2.46. The third-order valence-electron chi connectivity index (χ3n) is 4.75. The van der Waals surface area contributed by atoms with E-state index in [0.717, 1.165) is 25.7 Å². The molecule has 1 aliphatic carbocycles. The second-order valence-electron chi connectivity index (χ2n) is 6.54. The molecule has 0 unspecified atom stereocenters. The van der Waals surface area contributed by atoms with Crippen LogP contribution < -0.4 is 5.11 Å². The maximum atomic E-state index is 12.2. The fourth-order valence-electron chi connectivity index (χ4n) is 3.55. The first-order chi connectivity index (χ1) is 10.4. The minimum atomic E-state index is -0.402. The average molecular weight is 305 g/mol. The summed E-state index contributed by atoms with van der Waals surface area (Å²) in [6, 6.07) is 0. The zero-order chi connectivity index (χ0) is 15.9. The zero-order valence-electron chi connectivity index (χ0n) is 13.1. The van der Waals surface area contributed by atoms with Crippen molar-refractivity contribution in [2.75, 3.05) is 20.8 Å². The molecule has 2 heterocycles. The molecule has 1 saturated carbocycles. The van der Waals surface area contributed by atoms with Gasteiger partial charge in [0.1, 0.15) is 5.60 Å². The quantitative estimate of drug-likeness (QED) is 0.521. The Morgan fingerprint density at radius 1 is 1.14 bits per heavy atom. The Hall–Kier alpha value is -1.98. The first-order valence-electron chi connectivity index (χ1n) is 7.74. The van der Waals surface area contributed by atoms with Crippen molar-refractivity contribution in [3.05, 3.63) is 23.1 Å². The summed E-state index contributed by atoms with van der Waals surface area (Å²) in [5.74, 6) is -1.06. The molecule has 0 bridgehead atoms. The van der Waals surface area contributed by atoms with E-state index in [9.17, 15) is 14.7 Å². The lowest BCUT2D eigenvalue weighted by Crippen LogP contribution is -2.46. The molecule has 1 saturated heterocycles. The summed E-state index contributed by atoms with van der Waals surface area (Å²) in [6.45, 7) is 0.263. The Labute approximate surface area is 130 Å². The Morgan fingerprint density at radius 3 is 2.50 bits per heavy atom. The Bertz CT molecular complexity index is 573. The van der Waals surface area contributed by atoms with Gasteiger partial charge in [-0.25, -0.2) is 4.79 Å². The van der Waals surface area contributed by atoms with Crippen molar-refractivity contribution in [2.45, 2.75) is 44.1 Å². The van der Waals surface area contributed by atoms with Crippen LogP contribution in [0.4, 0.5) is 0 Å². The maximum Gasteiger partial charge on any atom is 0.334 e. The number of ether oxygens (including phenoxy) is 1. The molecule has 1 spiro atoms. The normalized spacial score (nSPS) is 27.1. The topological polar surface area (TPSA) is 72.9 Å². The van der Waals surface area contributed by atoms with Crippen molar-refractivity contribution in [1.29, 1.82) is 0 Å². The number of carbonyl (C=O) groups excluding carboxylic acids is 2. The summed E-state index contributed by atoms with van der Waals surface area (Å²) >= 11 is 0. The number of amides is 1. The SMILES string of the molecule is CN1CN(C)C([O-])=C(C=C2CC3(CCCCC3)OC2=O)C1=O. The summed E-state index contributed by atoms with van der Waals surface area (Å²) in [4.78, 5) is 27.3. The van der Waals surface area contributed by atoms with E-state index in [1.807, 2.05) is 0 Å². The number of rotatable bonds is 1. The van der Waals surface area contributed by atoms with Crippen LogP contribution in [0, 0.1) is 0 Å². The molecule has 1 amide bonds. The molecule has 6 heteroatoms. The molecule has 2 aliphatic heterocycles. The van der Waals surface area contributed by atoms with Crippen LogP contribution in [0.2, 0.25) is 0 Å². The van der Waals surface area contributed by atoms with Gasteiger partial charge in [-0.15, -0.1) is 0 Å². The van der Waals surface area contributed by atoms with Gasteiger partial charge in [-0.1, -0.05) is 6.42 Å². The molecular formula is C16H21N2O4-. The maximum absolute atomic E-state index is 12.2. The van der Waals surface area contributed by atoms with Gasteiger partial charge in [-0.05, 0) is 37.6 Å². The molecule has 0 aromatic carbocycles. The summed E-state index contributed by atoms with van der Waals surface area (Å²) < 4.78 is 5.60. The van der Waals surface area contributed by atoms with Crippen LogP contribution in [-0.2, 0) is 14.3 Å². The van der Waals surface area contributed by atoms with E-state index in [4.69, 9.17) is 4.74 Å². The standard InChI is InChI=1S/C16H22N2O4/c1-17-10-18(2)14(20)12(13(17)19)8-11-9-16(22-15(11)21)6-4-3-5-7-16/h8,19H,3-7,9-10H2,1-2H3/p-1. The van der Waals surface area contributed by atoms with Crippen LogP contribution in [0.15, 0.2) is 23.1 Å². The van der Waals surface area contributed by atoms with Crippen molar-refractivity contribution >= 4 is 11.9 Å². The smallest absolute Gasteiger partial charge is 0.334 e. The predicted octanol–water partition coefficient (Wildman–Crippen LogP) is 0.496. The van der Waals surface area contributed by atoms with E-state index in [2.05, 4.69) is 0 Å². The van der Waals surface area contributed by atoms with Crippen molar-refractivity contribution < 1.29 is 19.4 Å². The molecule has 22 heavy (non-hydrogen) atoms. The molecule has 6 nitrogen and oxygen atoms in total. The van der Waals surface area contributed by atoms with Gasteiger partial charge >= 0.3 is 5.97 Å². The molecule has 2 fully saturated rings. The Kier molecular flexibility index (Phi) is 3.62. The highest BCUT2D eigenvalue weighted by molar-refractivity contribution is 6.00. The minimum Gasteiger partial charge on any atom is -0.860 e. The fraction of sp³-hybridized carbons (Fsp3) is 0.625. The van der Waals surface area contributed by atoms with Gasteiger partial charge in [0.2, 0.25) is 0 Å². The largest absolute Gasteiger partial charge is 0.860 e. The van der Waals surface area contributed by atoms with Crippen molar-refractivity contribution in [3.63, 3.8) is 0 Å². The predicted molar refractivity (Wildman–Crippen MR) is 77.0 cm³/mol. The van der Waals surface area contributed by atoms with E-state index in [1.165, 1.54) is 22.3 Å². The lowest BCUT2D eigenvalue weighted by Gasteiger charge is -2.38. The second-order valence-corrected chi connectivity index (χ2v) is 6.54. The van der Waals surface area contributed by atoms with Gasteiger partial charge in [-0.3, -0.25) is 4.79 Å². The molecule has 3 rings (SSSR count). The molecule has 3 aliphatic rings. The summed E-state index contributed by atoms with van der Waals surface area (Å²) in [5.41, 5.74) is 0.0960. The van der Waals surface area contributed by atoms with E-state index in [-0.39, 0.29) is 30.0 Å². The van der Waals surface area contributed by atoms with Crippen LogP contribution in [-0.4, -0.2) is 48.0 Å². The average Bonchev–Trinajstić information content (AvgIpc) is 2.77. The zero-order valence-corrected chi connectivity index (χ0v) is 13.1. The molecule has 0 atom stereocenters. The molecule has 0 N–H and O–H groups in total. The van der Waals surface area contributed by atoms with E-state index >= 15 is 0 Å². The van der Waals surface area contributed by atoms with Gasteiger partial charge in [0.15, 0.2) is 0 Å². The van der Waals surface area contributed by atoms with Gasteiger partial charge < -0.3 is 19.6 Å². The lowest BCUT2D eigenvalue weighted by atomic mass is 9.82. The van der Waals surface area contributed by atoms with Crippen molar-refractivity contribution in [2.24, 2.45) is 0 Å². The highest BCUT2D eigenvalue weighted by Crippen LogP contribution is 2.42. The number of nitrogens with zero attached hydrogens (tertiary/aromatic N) is 2. The number of likely N-dealkylation sites (N-methyl/N-ethyl adjacent to an activating group) is 1. The Morgan fingerprint density at radius 2 is 1.82 bits per heavy atom. The molecule has 120 valence electrons.